The molecule has 0 aliphatic rings. The van der Waals surface area contributed by atoms with Crippen LogP contribution in [0.15, 0.2) is 18.2 Å². The molecule has 0 aliphatic carbocycles. The van der Waals surface area contributed by atoms with Crippen LogP contribution in [-0.4, -0.2) is 24.3 Å². The molecule has 0 aromatic heterocycles. The van der Waals surface area contributed by atoms with Crippen LogP contribution in [0.3, 0.4) is 0 Å². The maximum atomic E-state index is 13.0. The van der Waals surface area contributed by atoms with E-state index in [0.29, 0.717) is 18.0 Å². The first-order valence-electron chi connectivity index (χ1n) is 6.14. The number of aliphatic hydroxyl groups is 1. The summed E-state index contributed by atoms with van der Waals surface area (Å²) >= 11 is 6.02. The van der Waals surface area contributed by atoms with E-state index in [9.17, 15) is 4.39 Å². The van der Waals surface area contributed by atoms with Crippen LogP contribution in [0.1, 0.15) is 31.4 Å². The molecule has 0 amide bonds. The van der Waals surface area contributed by atoms with Crippen LogP contribution in [0, 0.1) is 5.82 Å². The molecule has 2 unspecified atom stereocenters. The van der Waals surface area contributed by atoms with Crippen LogP contribution >= 0.6 is 11.6 Å². The highest BCUT2D eigenvalue weighted by atomic mass is 35.5. The highest BCUT2D eigenvalue weighted by molar-refractivity contribution is 6.31. The van der Waals surface area contributed by atoms with Gasteiger partial charge in [0.25, 0.3) is 0 Å². The Labute approximate surface area is 112 Å². The Morgan fingerprint density at radius 1 is 1.50 bits per heavy atom. The van der Waals surface area contributed by atoms with E-state index in [2.05, 4.69) is 5.32 Å². The first-order chi connectivity index (χ1) is 8.62. The minimum Gasteiger partial charge on any atom is -0.396 e. The number of aliphatic hydroxyl groups excluding tert-OH is 1. The molecule has 0 saturated carbocycles. The first-order valence-corrected chi connectivity index (χ1v) is 6.52. The standard InChI is InChI=1S/C13H20ClFN2O/c1-2-10(5-6-18)17-13(8-16)11-4-3-9(15)7-12(11)14/h3-4,7,10,13,17-18H,2,5-6,8,16H2,1H3. The molecule has 0 bridgehead atoms. The maximum Gasteiger partial charge on any atom is 0.124 e. The predicted molar refractivity (Wildman–Crippen MR) is 72.1 cm³/mol. The molecule has 0 radical (unpaired) electrons. The van der Waals surface area contributed by atoms with Crippen LogP contribution in [-0.2, 0) is 0 Å². The summed E-state index contributed by atoms with van der Waals surface area (Å²) in [5, 5.41) is 12.7. The third-order valence-corrected chi connectivity index (χ3v) is 3.31. The van der Waals surface area contributed by atoms with E-state index in [-0.39, 0.29) is 24.5 Å². The molecule has 4 N–H and O–H groups in total. The molecule has 1 aromatic rings. The van der Waals surface area contributed by atoms with Gasteiger partial charge in [-0.2, -0.15) is 0 Å². The normalized spacial score (nSPS) is 14.5. The van der Waals surface area contributed by atoms with Gasteiger partial charge in [0.1, 0.15) is 5.82 Å². The Kier molecular flexibility index (Phi) is 6.57. The average molecular weight is 275 g/mol. The SMILES string of the molecule is CCC(CCO)NC(CN)c1ccc(F)cc1Cl. The van der Waals surface area contributed by atoms with Crippen molar-refractivity contribution in [3.05, 3.63) is 34.6 Å². The lowest BCUT2D eigenvalue weighted by molar-refractivity contribution is 0.256. The number of rotatable bonds is 7. The zero-order valence-corrected chi connectivity index (χ0v) is 11.3. The van der Waals surface area contributed by atoms with Crippen LogP contribution in [0.25, 0.3) is 0 Å². The Morgan fingerprint density at radius 3 is 2.72 bits per heavy atom. The molecular weight excluding hydrogens is 255 g/mol. The van der Waals surface area contributed by atoms with Crippen LogP contribution in [0.4, 0.5) is 4.39 Å². The van der Waals surface area contributed by atoms with Gasteiger partial charge in [-0.1, -0.05) is 24.6 Å². The zero-order valence-electron chi connectivity index (χ0n) is 10.5. The molecular formula is C13H20ClFN2O. The molecule has 0 aliphatic heterocycles. The molecule has 0 spiro atoms. The Bertz CT molecular complexity index is 376. The molecule has 0 fully saturated rings. The summed E-state index contributed by atoms with van der Waals surface area (Å²) in [7, 11) is 0. The average Bonchev–Trinajstić information content (AvgIpc) is 2.35. The topological polar surface area (TPSA) is 58.3 Å². The molecule has 2 atom stereocenters. The first kappa shape index (κ1) is 15.4. The summed E-state index contributed by atoms with van der Waals surface area (Å²) in [5.74, 6) is -0.359. The lowest BCUT2D eigenvalue weighted by Gasteiger charge is -2.24. The van der Waals surface area contributed by atoms with Gasteiger partial charge in [-0.15, -0.1) is 0 Å². The third kappa shape index (κ3) is 4.21. The van der Waals surface area contributed by atoms with Gasteiger partial charge in [0, 0.05) is 30.3 Å². The Balaban J connectivity index is 2.81. The number of nitrogens with one attached hydrogen (secondary N) is 1. The van der Waals surface area contributed by atoms with Crippen LogP contribution < -0.4 is 11.1 Å². The molecule has 0 saturated heterocycles. The molecule has 18 heavy (non-hydrogen) atoms. The number of nitrogens with two attached hydrogens (primary N) is 1. The van der Waals surface area contributed by atoms with Crippen molar-refractivity contribution in [2.75, 3.05) is 13.2 Å². The summed E-state index contributed by atoms with van der Waals surface area (Å²) < 4.78 is 13.0. The fourth-order valence-electron chi connectivity index (χ4n) is 1.91. The molecule has 102 valence electrons. The van der Waals surface area contributed by atoms with E-state index in [0.717, 1.165) is 12.0 Å². The van der Waals surface area contributed by atoms with Crippen molar-refractivity contribution in [1.29, 1.82) is 0 Å². The number of halogens is 2. The molecule has 1 rings (SSSR count). The van der Waals surface area contributed by atoms with Crippen molar-refractivity contribution in [1.82, 2.24) is 5.32 Å². The number of hydrogen-bond donors (Lipinski definition) is 3. The van der Waals surface area contributed by atoms with E-state index in [1.165, 1.54) is 12.1 Å². The fraction of sp³-hybridized carbons (Fsp3) is 0.538. The van der Waals surface area contributed by atoms with Gasteiger partial charge in [0.15, 0.2) is 0 Å². The van der Waals surface area contributed by atoms with Crippen LogP contribution in [0.5, 0.6) is 0 Å². The fourth-order valence-corrected chi connectivity index (χ4v) is 2.21. The van der Waals surface area contributed by atoms with Crippen molar-refractivity contribution < 1.29 is 9.50 Å². The number of hydrogen-bond acceptors (Lipinski definition) is 3. The largest absolute Gasteiger partial charge is 0.396 e. The Hall–Kier alpha value is -0.680. The highest BCUT2D eigenvalue weighted by Crippen LogP contribution is 2.24. The second-order valence-electron chi connectivity index (χ2n) is 4.24. The van der Waals surface area contributed by atoms with Crippen molar-refractivity contribution in [3.8, 4) is 0 Å². The van der Waals surface area contributed by atoms with Gasteiger partial charge in [-0.3, -0.25) is 0 Å². The summed E-state index contributed by atoms with van der Waals surface area (Å²) in [5.41, 5.74) is 6.52. The van der Waals surface area contributed by atoms with Gasteiger partial charge in [0.05, 0.1) is 0 Å². The van der Waals surface area contributed by atoms with Gasteiger partial charge < -0.3 is 16.2 Å². The Morgan fingerprint density at radius 2 is 2.22 bits per heavy atom. The second kappa shape index (κ2) is 7.69. The summed E-state index contributed by atoms with van der Waals surface area (Å²) in [6.45, 7) is 2.53. The lowest BCUT2D eigenvalue weighted by Crippen LogP contribution is -2.37. The highest BCUT2D eigenvalue weighted by Gasteiger charge is 2.17. The molecule has 3 nitrogen and oxygen atoms in total. The van der Waals surface area contributed by atoms with E-state index in [1.807, 2.05) is 6.92 Å². The predicted octanol–water partition coefficient (Wildman–Crippen LogP) is 2.23. The van der Waals surface area contributed by atoms with Crippen molar-refractivity contribution in [3.63, 3.8) is 0 Å². The second-order valence-corrected chi connectivity index (χ2v) is 4.65. The summed E-state index contributed by atoms with van der Waals surface area (Å²) in [6.07, 6.45) is 1.54. The van der Waals surface area contributed by atoms with Crippen molar-refractivity contribution >= 4 is 11.6 Å². The smallest absolute Gasteiger partial charge is 0.124 e. The third-order valence-electron chi connectivity index (χ3n) is 2.98. The zero-order chi connectivity index (χ0) is 13.5. The van der Waals surface area contributed by atoms with E-state index in [4.69, 9.17) is 22.4 Å². The van der Waals surface area contributed by atoms with Gasteiger partial charge in [-0.05, 0) is 30.5 Å². The summed E-state index contributed by atoms with van der Waals surface area (Å²) in [6, 6.07) is 4.35. The lowest BCUT2D eigenvalue weighted by atomic mass is 10.0. The van der Waals surface area contributed by atoms with E-state index >= 15 is 0 Å². The van der Waals surface area contributed by atoms with E-state index in [1.54, 1.807) is 6.07 Å². The number of benzene rings is 1. The van der Waals surface area contributed by atoms with E-state index < -0.39 is 0 Å². The minimum atomic E-state index is -0.359. The van der Waals surface area contributed by atoms with Crippen molar-refractivity contribution in [2.45, 2.75) is 31.8 Å². The molecule has 5 heteroatoms. The molecule has 0 heterocycles. The van der Waals surface area contributed by atoms with Crippen LogP contribution in [0.2, 0.25) is 5.02 Å². The van der Waals surface area contributed by atoms with Gasteiger partial charge >= 0.3 is 0 Å². The summed E-state index contributed by atoms with van der Waals surface area (Å²) in [4.78, 5) is 0. The van der Waals surface area contributed by atoms with Crippen molar-refractivity contribution in [2.24, 2.45) is 5.73 Å². The molecule has 1 aromatic carbocycles. The maximum absolute atomic E-state index is 13.0. The monoisotopic (exact) mass is 274 g/mol. The van der Waals surface area contributed by atoms with Gasteiger partial charge in [0.2, 0.25) is 0 Å². The van der Waals surface area contributed by atoms with Gasteiger partial charge in [-0.25, -0.2) is 4.39 Å². The minimum absolute atomic E-state index is 0.125. The quantitative estimate of drug-likeness (QED) is 0.715.